The van der Waals surface area contributed by atoms with Gasteiger partial charge in [-0.25, -0.2) is 0 Å². The largest absolute Gasteiger partial charge is 0.497 e. The number of hydrogen-bond acceptors (Lipinski definition) is 3. The van der Waals surface area contributed by atoms with Crippen molar-refractivity contribution in [3.05, 3.63) is 58.6 Å². The van der Waals surface area contributed by atoms with Crippen molar-refractivity contribution in [2.24, 2.45) is 0 Å². The van der Waals surface area contributed by atoms with Crippen LogP contribution in [0.4, 0.5) is 5.69 Å². The number of aliphatic hydroxyl groups excluding tert-OH is 1. The van der Waals surface area contributed by atoms with Crippen molar-refractivity contribution < 1.29 is 9.84 Å². The van der Waals surface area contributed by atoms with Gasteiger partial charge in [-0.2, -0.15) is 0 Å². The second-order valence-electron chi connectivity index (χ2n) is 4.64. The number of methoxy groups -OCH3 is 1. The zero-order chi connectivity index (χ0) is 14.5. The fraction of sp³-hybridized carbons (Fsp3) is 0.250. The second-order valence-corrected chi connectivity index (χ2v) is 5.08. The summed E-state index contributed by atoms with van der Waals surface area (Å²) in [5.41, 5.74) is 2.93. The van der Waals surface area contributed by atoms with Gasteiger partial charge in [-0.1, -0.05) is 29.8 Å². The first-order valence-corrected chi connectivity index (χ1v) is 6.75. The Labute approximate surface area is 124 Å². The van der Waals surface area contributed by atoms with Crippen LogP contribution in [0.15, 0.2) is 42.5 Å². The first kappa shape index (κ1) is 14.7. The molecule has 0 saturated carbocycles. The first-order chi connectivity index (χ1) is 9.63. The molecule has 106 valence electrons. The Bertz CT molecular complexity index is 586. The number of halogens is 1. The number of ether oxygens (including phenoxy) is 1. The summed E-state index contributed by atoms with van der Waals surface area (Å²) in [5.74, 6) is 0.837. The van der Waals surface area contributed by atoms with Gasteiger partial charge < -0.3 is 14.7 Å². The van der Waals surface area contributed by atoms with Gasteiger partial charge in [0, 0.05) is 29.9 Å². The number of hydrogen-bond donors (Lipinski definition) is 1. The lowest BCUT2D eigenvalue weighted by molar-refractivity contribution is 0.282. The molecule has 20 heavy (non-hydrogen) atoms. The zero-order valence-electron chi connectivity index (χ0n) is 11.6. The fourth-order valence-corrected chi connectivity index (χ4v) is 2.32. The summed E-state index contributed by atoms with van der Waals surface area (Å²) in [6.45, 7) is 0.708. The molecule has 0 atom stereocenters. The molecular weight excluding hydrogens is 274 g/mol. The molecule has 0 aliphatic heterocycles. The van der Waals surface area contributed by atoms with E-state index in [1.165, 1.54) is 0 Å². The molecular formula is C16H18ClNO2. The molecule has 3 nitrogen and oxygen atoms in total. The van der Waals surface area contributed by atoms with Gasteiger partial charge in [-0.3, -0.25) is 0 Å². The van der Waals surface area contributed by atoms with Crippen LogP contribution < -0.4 is 9.64 Å². The van der Waals surface area contributed by atoms with E-state index in [2.05, 4.69) is 4.90 Å². The van der Waals surface area contributed by atoms with Crippen LogP contribution in [0.5, 0.6) is 5.75 Å². The van der Waals surface area contributed by atoms with E-state index < -0.39 is 0 Å². The normalized spacial score (nSPS) is 10.4. The van der Waals surface area contributed by atoms with Crippen molar-refractivity contribution in [1.29, 1.82) is 0 Å². The topological polar surface area (TPSA) is 32.7 Å². The molecule has 0 fully saturated rings. The van der Waals surface area contributed by atoms with Crippen molar-refractivity contribution in [2.45, 2.75) is 13.2 Å². The van der Waals surface area contributed by atoms with E-state index in [-0.39, 0.29) is 6.61 Å². The molecule has 0 radical (unpaired) electrons. The third kappa shape index (κ3) is 3.44. The molecule has 0 unspecified atom stereocenters. The summed E-state index contributed by atoms with van der Waals surface area (Å²) >= 11 is 6.04. The minimum Gasteiger partial charge on any atom is -0.497 e. The van der Waals surface area contributed by atoms with Gasteiger partial charge >= 0.3 is 0 Å². The SMILES string of the molecule is COc1cccc(CN(C)c2cc(Cl)ccc2CO)c1. The number of benzene rings is 2. The second kappa shape index (κ2) is 6.64. The summed E-state index contributed by atoms with van der Waals surface area (Å²) in [5, 5.41) is 10.1. The quantitative estimate of drug-likeness (QED) is 0.915. The van der Waals surface area contributed by atoms with Gasteiger partial charge in [0.2, 0.25) is 0 Å². The van der Waals surface area contributed by atoms with E-state index in [0.717, 1.165) is 22.6 Å². The Balaban J connectivity index is 2.23. The minimum atomic E-state index is -0.00501. The molecule has 4 heteroatoms. The lowest BCUT2D eigenvalue weighted by Crippen LogP contribution is -2.18. The van der Waals surface area contributed by atoms with E-state index in [4.69, 9.17) is 16.3 Å². The molecule has 0 aromatic heterocycles. The van der Waals surface area contributed by atoms with Gasteiger partial charge in [0.25, 0.3) is 0 Å². The van der Waals surface area contributed by atoms with Crippen molar-refractivity contribution in [3.63, 3.8) is 0 Å². The molecule has 2 aromatic carbocycles. The van der Waals surface area contributed by atoms with E-state index in [1.807, 2.05) is 43.4 Å². The predicted molar refractivity (Wildman–Crippen MR) is 82.5 cm³/mol. The molecule has 0 heterocycles. The van der Waals surface area contributed by atoms with Crippen molar-refractivity contribution in [3.8, 4) is 5.75 Å². The minimum absolute atomic E-state index is 0.00501. The average Bonchev–Trinajstić information content (AvgIpc) is 2.47. The van der Waals surface area contributed by atoms with E-state index in [9.17, 15) is 5.11 Å². The molecule has 0 spiro atoms. The van der Waals surface area contributed by atoms with Crippen molar-refractivity contribution in [2.75, 3.05) is 19.1 Å². The summed E-state index contributed by atoms with van der Waals surface area (Å²) < 4.78 is 5.23. The summed E-state index contributed by atoms with van der Waals surface area (Å²) in [7, 11) is 3.63. The highest BCUT2D eigenvalue weighted by Gasteiger charge is 2.09. The highest BCUT2D eigenvalue weighted by molar-refractivity contribution is 6.30. The highest BCUT2D eigenvalue weighted by atomic mass is 35.5. The van der Waals surface area contributed by atoms with Crippen LogP contribution in [0.1, 0.15) is 11.1 Å². The maximum absolute atomic E-state index is 9.42. The maximum Gasteiger partial charge on any atom is 0.119 e. The molecule has 0 aliphatic carbocycles. The highest BCUT2D eigenvalue weighted by Crippen LogP contribution is 2.26. The molecule has 0 amide bonds. The number of aliphatic hydroxyl groups is 1. The maximum atomic E-state index is 9.42. The summed E-state index contributed by atoms with van der Waals surface area (Å²) in [4.78, 5) is 2.06. The van der Waals surface area contributed by atoms with E-state index in [0.29, 0.717) is 11.6 Å². The first-order valence-electron chi connectivity index (χ1n) is 6.37. The Morgan fingerprint density at radius 2 is 2.00 bits per heavy atom. The molecule has 1 N–H and O–H groups in total. The molecule has 2 aromatic rings. The lowest BCUT2D eigenvalue weighted by atomic mass is 10.1. The number of anilines is 1. The monoisotopic (exact) mass is 291 g/mol. The molecule has 0 saturated heterocycles. The third-order valence-electron chi connectivity index (χ3n) is 3.18. The van der Waals surface area contributed by atoms with Crippen LogP contribution >= 0.6 is 11.6 Å². The molecule has 0 aliphatic rings. The van der Waals surface area contributed by atoms with Crippen LogP contribution in [-0.4, -0.2) is 19.3 Å². The van der Waals surface area contributed by atoms with Crippen LogP contribution in [0, 0.1) is 0 Å². The van der Waals surface area contributed by atoms with Crippen LogP contribution in [-0.2, 0) is 13.2 Å². The zero-order valence-corrected chi connectivity index (χ0v) is 12.4. The Morgan fingerprint density at radius 1 is 1.20 bits per heavy atom. The third-order valence-corrected chi connectivity index (χ3v) is 3.42. The van der Waals surface area contributed by atoms with Crippen molar-refractivity contribution >= 4 is 17.3 Å². The Morgan fingerprint density at radius 3 is 2.70 bits per heavy atom. The summed E-state index contributed by atoms with van der Waals surface area (Å²) in [6.07, 6.45) is 0. The predicted octanol–water partition coefficient (Wildman–Crippen LogP) is 3.48. The van der Waals surface area contributed by atoms with Crippen molar-refractivity contribution in [1.82, 2.24) is 0 Å². The lowest BCUT2D eigenvalue weighted by Gasteiger charge is -2.22. The van der Waals surface area contributed by atoms with Gasteiger partial charge in [-0.15, -0.1) is 0 Å². The standard InChI is InChI=1S/C16H18ClNO2/c1-18(10-12-4-3-5-15(8-12)20-2)16-9-14(17)7-6-13(16)11-19/h3-9,19H,10-11H2,1-2H3. The van der Waals surface area contributed by atoms with Crippen LogP contribution in [0.3, 0.4) is 0 Å². The van der Waals surface area contributed by atoms with Crippen LogP contribution in [0.2, 0.25) is 5.02 Å². The number of rotatable bonds is 5. The van der Waals surface area contributed by atoms with Gasteiger partial charge in [0.05, 0.1) is 13.7 Å². The fourth-order valence-electron chi connectivity index (χ4n) is 2.16. The van der Waals surface area contributed by atoms with E-state index in [1.54, 1.807) is 13.2 Å². The number of nitrogens with zero attached hydrogens (tertiary/aromatic N) is 1. The van der Waals surface area contributed by atoms with Gasteiger partial charge in [-0.05, 0) is 29.8 Å². The summed E-state index contributed by atoms with van der Waals surface area (Å²) in [6, 6.07) is 13.4. The molecule has 0 bridgehead atoms. The smallest absolute Gasteiger partial charge is 0.119 e. The van der Waals surface area contributed by atoms with Gasteiger partial charge in [0.15, 0.2) is 0 Å². The Hall–Kier alpha value is -1.71. The van der Waals surface area contributed by atoms with Crippen LogP contribution in [0.25, 0.3) is 0 Å². The van der Waals surface area contributed by atoms with Gasteiger partial charge in [0.1, 0.15) is 5.75 Å². The molecule has 2 rings (SSSR count). The van der Waals surface area contributed by atoms with E-state index >= 15 is 0 Å². The average molecular weight is 292 g/mol. The Kier molecular flexibility index (Phi) is 4.88.